The van der Waals surface area contributed by atoms with Gasteiger partial charge in [-0.05, 0) is 17.7 Å². The third-order valence-corrected chi connectivity index (χ3v) is 2.60. The molecule has 98 valence electrons. The zero-order valence-electron chi connectivity index (χ0n) is 10.2. The van der Waals surface area contributed by atoms with Gasteiger partial charge in [0.05, 0.1) is 11.7 Å². The molecule has 1 amide bonds. The lowest BCUT2D eigenvalue weighted by molar-refractivity contribution is 0.0915. The summed E-state index contributed by atoms with van der Waals surface area (Å²) >= 11 is 0. The summed E-state index contributed by atoms with van der Waals surface area (Å²) in [5.41, 5.74) is 7.23. The van der Waals surface area contributed by atoms with Crippen LogP contribution in [0.4, 0.5) is 5.69 Å². The highest BCUT2D eigenvalue weighted by molar-refractivity contribution is 5.93. The van der Waals surface area contributed by atoms with E-state index in [4.69, 9.17) is 5.73 Å². The van der Waals surface area contributed by atoms with E-state index in [0.717, 1.165) is 0 Å². The maximum absolute atomic E-state index is 11.7. The van der Waals surface area contributed by atoms with Crippen LogP contribution >= 0.6 is 0 Å². The highest BCUT2D eigenvalue weighted by Crippen LogP contribution is 2.13. The predicted octanol–water partition coefficient (Wildman–Crippen LogP) is 0.522. The van der Waals surface area contributed by atoms with Crippen molar-refractivity contribution in [2.24, 2.45) is 0 Å². The topological polar surface area (TPSA) is 101 Å². The first-order chi connectivity index (χ1) is 9.16. The van der Waals surface area contributed by atoms with Crippen LogP contribution in [0.3, 0.4) is 0 Å². The van der Waals surface area contributed by atoms with Crippen LogP contribution in [0, 0.1) is 0 Å². The summed E-state index contributed by atoms with van der Waals surface area (Å²) in [4.78, 5) is 19.2. The van der Waals surface area contributed by atoms with E-state index < -0.39 is 6.10 Å². The highest BCUT2D eigenvalue weighted by Gasteiger charge is 2.10. The molecule has 0 saturated carbocycles. The summed E-state index contributed by atoms with van der Waals surface area (Å²) in [6.45, 7) is 0.109. The van der Waals surface area contributed by atoms with Crippen molar-refractivity contribution in [3.63, 3.8) is 0 Å². The molecule has 1 aromatic heterocycles. The van der Waals surface area contributed by atoms with Gasteiger partial charge in [0.15, 0.2) is 0 Å². The molecule has 1 atom stereocenters. The number of aliphatic hydroxyl groups is 1. The van der Waals surface area contributed by atoms with Crippen molar-refractivity contribution in [1.29, 1.82) is 0 Å². The SMILES string of the molecule is Nc1ccc(C(O)CNC(=O)c2cncnc2)cc1. The Morgan fingerprint density at radius 1 is 1.26 bits per heavy atom. The summed E-state index contributed by atoms with van der Waals surface area (Å²) in [7, 11) is 0. The van der Waals surface area contributed by atoms with E-state index in [1.807, 2.05) is 0 Å². The van der Waals surface area contributed by atoms with Gasteiger partial charge >= 0.3 is 0 Å². The number of carbonyl (C=O) groups excluding carboxylic acids is 1. The van der Waals surface area contributed by atoms with Crippen molar-refractivity contribution < 1.29 is 9.90 Å². The number of nitrogens with one attached hydrogen (secondary N) is 1. The number of nitrogens with zero attached hydrogens (tertiary/aromatic N) is 2. The minimum Gasteiger partial charge on any atom is -0.399 e. The van der Waals surface area contributed by atoms with Gasteiger partial charge in [-0.3, -0.25) is 4.79 Å². The molecular formula is C13H14N4O2. The van der Waals surface area contributed by atoms with E-state index in [-0.39, 0.29) is 12.5 Å². The molecule has 1 unspecified atom stereocenters. The second-order valence-electron chi connectivity index (χ2n) is 4.02. The lowest BCUT2D eigenvalue weighted by Gasteiger charge is -2.12. The Kier molecular flexibility index (Phi) is 4.04. The van der Waals surface area contributed by atoms with Gasteiger partial charge in [-0.25, -0.2) is 9.97 Å². The van der Waals surface area contributed by atoms with Gasteiger partial charge in [0.2, 0.25) is 0 Å². The van der Waals surface area contributed by atoms with E-state index in [1.54, 1.807) is 24.3 Å². The zero-order valence-corrected chi connectivity index (χ0v) is 10.2. The van der Waals surface area contributed by atoms with Crippen LogP contribution in [-0.2, 0) is 0 Å². The quantitative estimate of drug-likeness (QED) is 0.694. The predicted molar refractivity (Wildman–Crippen MR) is 70.2 cm³/mol. The molecule has 19 heavy (non-hydrogen) atoms. The maximum atomic E-state index is 11.7. The maximum Gasteiger partial charge on any atom is 0.254 e. The molecule has 0 saturated heterocycles. The third kappa shape index (κ3) is 3.49. The number of hydrogen-bond acceptors (Lipinski definition) is 5. The van der Waals surface area contributed by atoms with E-state index in [9.17, 15) is 9.90 Å². The molecule has 0 aliphatic heterocycles. The second-order valence-corrected chi connectivity index (χ2v) is 4.02. The number of aliphatic hydroxyl groups excluding tert-OH is 1. The largest absolute Gasteiger partial charge is 0.399 e. The van der Waals surface area contributed by atoms with Gasteiger partial charge in [0.25, 0.3) is 5.91 Å². The number of nitrogens with two attached hydrogens (primary N) is 1. The number of benzene rings is 1. The van der Waals surface area contributed by atoms with Crippen molar-refractivity contribution in [3.8, 4) is 0 Å². The van der Waals surface area contributed by atoms with Gasteiger partial charge in [-0.15, -0.1) is 0 Å². The third-order valence-electron chi connectivity index (χ3n) is 2.60. The molecule has 4 N–H and O–H groups in total. The van der Waals surface area contributed by atoms with Crippen LogP contribution in [0.1, 0.15) is 22.0 Å². The Morgan fingerprint density at radius 3 is 2.53 bits per heavy atom. The fraction of sp³-hybridized carbons (Fsp3) is 0.154. The minimum atomic E-state index is -0.783. The average molecular weight is 258 g/mol. The Bertz CT molecular complexity index is 542. The van der Waals surface area contributed by atoms with Crippen molar-refractivity contribution in [3.05, 3.63) is 54.1 Å². The molecule has 0 bridgehead atoms. The molecule has 2 aromatic rings. The summed E-state index contributed by atoms with van der Waals surface area (Å²) in [5.74, 6) is -0.324. The number of aromatic nitrogens is 2. The molecule has 6 heteroatoms. The van der Waals surface area contributed by atoms with Gasteiger partial charge in [0, 0.05) is 24.6 Å². The lowest BCUT2D eigenvalue weighted by Crippen LogP contribution is -2.28. The van der Waals surface area contributed by atoms with Gasteiger partial charge in [-0.1, -0.05) is 12.1 Å². The second kappa shape index (κ2) is 5.92. The molecule has 0 aliphatic carbocycles. The number of rotatable bonds is 4. The van der Waals surface area contributed by atoms with Crippen LogP contribution < -0.4 is 11.1 Å². The van der Waals surface area contributed by atoms with Crippen LogP contribution in [0.15, 0.2) is 43.0 Å². The lowest BCUT2D eigenvalue weighted by atomic mass is 10.1. The number of nitrogen functional groups attached to an aromatic ring is 1. The fourth-order valence-corrected chi connectivity index (χ4v) is 1.54. The first-order valence-corrected chi connectivity index (χ1v) is 5.73. The Labute approximate surface area is 110 Å². The molecule has 0 spiro atoms. The summed E-state index contributed by atoms with van der Waals surface area (Å²) in [5, 5.41) is 12.5. The van der Waals surface area contributed by atoms with Crippen LogP contribution in [0.25, 0.3) is 0 Å². The van der Waals surface area contributed by atoms with Crippen LogP contribution in [0.2, 0.25) is 0 Å². The molecule has 0 aliphatic rings. The molecule has 0 fully saturated rings. The van der Waals surface area contributed by atoms with E-state index in [0.29, 0.717) is 16.8 Å². The van der Waals surface area contributed by atoms with Gasteiger partial charge in [0.1, 0.15) is 6.33 Å². The van der Waals surface area contributed by atoms with Crippen molar-refractivity contribution in [2.45, 2.75) is 6.10 Å². The molecule has 2 rings (SSSR count). The number of amides is 1. The smallest absolute Gasteiger partial charge is 0.254 e. The van der Waals surface area contributed by atoms with Crippen molar-refractivity contribution in [1.82, 2.24) is 15.3 Å². The molecule has 6 nitrogen and oxygen atoms in total. The summed E-state index contributed by atoms with van der Waals surface area (Å²) < 4.78 is 0. The van der Waals surface area contributed by atoms with E-state index in [2.05, 4.69) is 15.3 Å². The van der Waals surface area contributed by atoms with Crippen molar-refractivity contribution in [2.75, 3.05) is 12.3 Å². The first-order valence-electron chi connectivity index (χ1n) is 5.73. The Morgan fingerprint density at radius 2 is 1.89 bits per heavy atom. The van der Waals surface area contributed by atoms with Crippen LogP contribution in [0.5, 0.6) is 0 Å². The van der Waals surface area contributed by atoms with Gasteiger partial charge < -0.3 is 16.2 Å². The number of carbonyl (C=O) groups is 1. The van der Waals surface area contributed by atoms with Crippen LogP contribution in [-0.4, -0.2) is 27.5 Å². The Hall–Kier alpha value is -2.47. The molecule has 1 heterocycles. The monoisotopic (exact) mass is 258 g/mol. The van der Waals surface area contributed by atoms with Gasteiger partial charge in [-0.2, -0.15) is 0 Å². The van der Waals surface area contributed by atoms with E-state index in [1.165, 1.54) is 18.7 Å². The number of hydrogen-bond donors (Lipinski definition) is 3. The molecule has 1 aromatic carbocycles. The summed E-state index contributed by atoms with van der Waals surface area (Å²) in [6, 6.07) is 6.84. The molecule has 0 radical (unpaired) electrons. The van der Waals surface area contributed by atoms with Crippen molar-refractivity contribution >= 4 is 11.6 Å². The fourth-order valence-electron chi connectivity index (χ4n) is 1.54. The summed E-state index contributed by atoms with van der Waals surface area (Å²) in [6.07, 6.45) is 3.39. The van der Waals surface area contributed by atoms with E-state index >= 15 is 0 Å². The average Bonchev–Trinajstić information content (AvgIpc) is 2.46. The number of anilines is 1. The first kappa shape index (κ1) is 13.0. The normalized spacial score (nSPS) is 11.8. The molecular weight excluding hydrogens is 244 g/mol. The minimum absolute atomic E-state index is 0.109. The Balaban J connectivity index is 1.92. The standard InChI is InChI=1S/C13H14N4O2/c14-11-3-1-9(2-4-11)12(18)7-17-13(19)10-5-15-8-16-6-10/h1-6,8,12,18H,7,14H2,(H,17,19). The highest BCUT2D eigenvalue weighted by atomic mass is 16.3. The zero-order chi connectivity index (χ0) is 13.7.